The van der Waals surface area contributed by atoms with Crippen LogP contribution in [0.15, 0.2) is 72.9 Å². The molecule has 0 aliphatic rings. The molecule has 0 spiro atoms. The maximum absolute atomic E-state index is 12.9. The maximum Gasteiger partial charge on any atom is 0.306 e. The van der Waals surface area contributed by atoms with Gasteiger partial charge < -0.3 is 14.2 Å². The van der Waals surface area contributed by atoms with Crippen molar-refractivity contribution in [1.29, 1.82) is 0 Å². The van der Waals surface area contributed by atoms with E-state index in [9.17, 15) is 14.4 Å². The van der Waals surface area contributed by atoms with Crippen molar-refractivity contribution in [2.45, 2.75) is 329 Å². The van der Waals surface area contributed by atoms with E-state index < -0.39 is 6.10 Å². The Balaban J connectivity index is 4.31. The summed E-state index contributed by atoms with van der Waals surface area (Å²) in [7, 11) is 0. The SMILES string of the molecule is CC/C=C\C/C=C\C/C=C\C/C=C\CCCCCCCCCCCCCCC(=O)OCC(COC(=O)CCCCCCC/C=C\CCCCCCC)OC(=O)CCCCCCCCC/C=C\CCCCCCCC. The van der Waals surface area contributed by atoms with Gasteiger partial charge in [-0.25, -0.2) is 0 Å². The number of carbonyl (C=O) groups is 3. The van der Waals surface area contributed by atoms with Gasteiger partial charge in [-0.1, -0.05) is 267 Å². The fourth-order valence-corrected chi connectivity index (χ4v) is 9.13. The van der Waals surface area contributed by atoms with Crippen LogP contribution in [0.4, 0.5) is 0 Å². The van der Waals surface area contributed by atoms with Gasteiger partial charge in [0, 0.05) is 19.3 Å². The Labute approximate surface area is 459 Å². The number of unbranched alkanes of at least 4 members (excludes halogenated alkanes) is 35. The molecule has 0 aromatic carbocycles. The average molecular weight is 1030 g/mol. The van der Waals surface area contributed by atoms with E-state index in [1.807, 2.05) is 0 Å². The molecule has 0 fully saturated rings. The highest BCUT2D eigenvalue weighted by atomic mass is 16.6. The molecule has 0 saturated carbocycles. The number of ether oxygens (including phenoxy) is 3. The predicted molar refractivity (Wildman–Crippen MR) is 321 cm³/mol. The van der Waals surface area contributed by atoms with Gasteiger partial charge in [0.15, 0.2) is 6.10 Å². The number of hydrogen-bond donors (Lipinski definition) is 0. The first-order valence-corrected chi connectivity index (χ1v) is 31.9. The highest BCUT2D eigenvalue weighted by Crippen LogP contribution is 2.16. The van der Waals surface area contributed by atoms with Gasteiger partial charge in [-0.3, -0.25) is 14.4 Å². The molecule has 0 aromatic heterocycles. The molecule has 0 rings (SSSR count). The third kappa shape index (κ3) is 59.7. The summed E-state index contributed by atoms with van der Waals surface area (Å²) in [4.78, 5) is 38.3. The molecule has 0 aliphatic carbocycles. The first-order chi connectivity index (χ1) is 36.5. The molecule has 1 unspecified atom stereocenters. The van der Waals surface area contributed by atoms with Crippen LogP contribution in [0.25, 0.3) is 0 Å². The minimum atomic E-state index is -0.782. The van der Waals surface area contributed by atoms with Crippen molar-refractivity contribution in [2.75, 3.05) is 13.2 Å². The summed E-state index contributed by atoms with van der Waals surface area (Å²) in [6.07, 6.45) is 80.5. The zero-order valence-corrected chi connectivity index (χ0v) is 49.1. The average Bonchev–Trinajstić information content (AvgIpc) is 3.40. The van der Waals surface area contributed by atoms with Crippen LogP contribution in [0.1, 0.15) is 323 Å². The first kappa shape index (κ1) is 70.8. The Kier molecular flexibility index (Phi) is 59.7. The van der Waals surface area contributed by atoms with Gasteiger partial charge in [-0.05, 0) is 109 Å². The molecule has 0 N–H and O–H groups in total. The van der Waals surface area contributed by atoms with E-state index in [1.165, 1.54) is 193 Å². The standard InChI is InChI=1S/C68H120O6/c1-4-7-10-13-16-19-22-25-28-30-31-32-33-34-35-36-37-39-40-43-46-49-52-55-58-61-67(70)73-64-65(63-72-66(69)60-57-54-51-48-45-42-27-24-21-18-15-12-9-6-3)74-68(71)62-59-56-53-50-47-44-41-38-29-26-23-20-17-14-11-8-5-2/h7,10,16,19,24-29,31-32,65H,4-6,8-9,11-15,17-18,20-23,30,33-64H2,1-3H3/b10-7-,19-16-,27-24-,28-25-,29-26-,32-31-. The summed E-state index contributed by atoms with van der Waals surface area (Å²) in [5.74, 6) is -0.879. The molecule has 0 aromatic rings. The molecule has 0 radical (unpaired) electrons. The second-order valence-electron chi connectivity index (χ2n) is 21.3. The lowest BCUT2D eigenvalue weighted by molar-refractivity contribution is -0.167. The first-order valence-electron chi connectivity index (χ1n) is 31.9. The molecule has 0 heterocycles. The van der Waals surface area contributed by atoms with Crippen molar-refractivity contribution in [3.05, 3.63) is 72.9 Å². The number of allylic oxidation sites excluding steroid dienone is 12. The van der Waals surface area contributed by atoms with E-state index >= 15 is 0 Å². The molecule has 0 amide bonds. The lowest BCUT2D eigenvalue weighted by Crippen LogP contribution is -2.30. The van der Waals surface area contributed by atoms with Crippen LogP contribution in [0.5, 0.6) is 0 Å². The van der Waals surface area contributed by atoms with Crippen LogP contribution in [0, 0.1) is 0 Å². The van der Waals surface area contributed by atoms with E-state index in [0.717, 1.165) is 89.9 Å². The Morgan fingerprint density at radius 3 is 0.838 bits per heavy atom. The van der Waals surface area contributed by atoms with E-state index in [-0.39, 0.29) is 31.1 Å². The summed E-state index contributed by atoms with van der Waals surface area (Å²) < 4.78 is 16.9. The molecule has 428 valence electrons. The summed E-state index contributed by atoms with van der Waals surface area (Å²) in [5.41, 5.74) is 0. The van der Waals surface area contributed by atoms with Crippen LogP contribution in [-0.2, 0) is 28.6 Å². The Morgan fingerprint density at radius 1 is 0.284 bits per heavy atom. The number of carbonyl (C=O) groups excluding carboxylic acids is 3. The van der Waals surface area contributed by atoms with Gasteiger partial charge in [0.2, 0.25) is 0 Å². The molecular weight excluding hydrogens is 913 g/mol. The zero-order valence-electron chi connectivity index (χ0n) is 49.1. The van der Waals surface area contributed by atoms with E-state index in [0.29, 0.717) is 19.3 Å². The van der Waals surface area contributed by atoms with Crippen molar-refractivity contribution in [3.63, 3.8) is 0 Å². The van der Waals surface area contributed by atoms with Crippen LogP contribution in [-0.4, -0.2) is 37.2 Å². The molecule has 0 bridgehead atoms. The molecule has 0 saturated heterocycles. The molecule has 1 atom stereocenters. The molecular formula is C68H120O6. The molecule has 6 nitrogen and oxygen atoms in total. The van der Waals surface area contributed by atoms with Crippen molar-refractivity contribution in [2.24, 2.45) is 0 Å². The largest absolute Gasteiger partial charge is 0.462 e. The van der Waals surface area contributed by atoms with Crippen molar-refractivity contribution in [3.8, 4) is 0 Å². The third-order valence-corrected chi connectivity index (χ3v) is 13.9. The zero-order chi connectivity index (χ0) is 53.6. The van der Waals surface area contributed by atoms with Crippen molar-refractivity contribution >= 4 is 17.9 Å². The van der Waals surface area contributed by atoms with Gasteiger partial charge in [-0.15, -0.1) is 0 Å². The minimum absolute atomic E-state index is 0.0787. The third-order valence-electron chi connectivity index (χ3n) is 13.9. The smallest absolute Gasteiger partial charge is 0.306 e. The Hall–Kier alpha value is -3.15. The monoisotopic (exact) mass is 1030 g/mol. The number of rotatable bonds is 58. The van der Waals surface area contributed by atoms with Crippen molar-refractivity contribution in [1.82, 2.24) is 0 Å². The molecule has 74 heavy (non-hydrogen) atoms. The molecule has 0 aliphatic heterocycles. The van der Waals surface area contributed by atoms with Crippen LogP contribution in [0.2, 0.25) is 0 Å². The van der Waals surface area contributed by atoms with E-state index in [4.69, 9.17) is 14.2 Å². The number of hydrogen-bond acceptors (Lipinski definition) is 6. The van der Waals surface area contributed by atoms with E-state index in [2.05, 4.69) is 93.7 Å². The summed E-state index contributed by atoms with van der Waals surface area (Å²) in [5, 5.41) is 0. The van der Waals surface area contributed by atoms with Crippen LogP contribution in [0.3, 0.4) is 0 Å². The topological polar surface area (TPSA) is 78.9 Å². The quantitative estimate of drug-likeness (QED) is 0.0261. The molecule has 6 heteroatoms. The van der Waals surface area contributed by atoms with Crippen molar-refractivity contribution < 1.29 is 28.6 Å². The maximum atomic E-state index is 12.9. The minimum Gasteiger partial charge on any atom is -0.462 e. The summed E-state index contributed by atoms with van der Waals surface area (Å²) in [6, 6.07) is 0. The second kappa shape index (κ2) is 62.4. The summed E-state index contributed by atoms with van der Waals surface area (Å²) >= 11 is 0. The Bertz CT molecular complexity index is 1370. The fraction of sp³-hybridized carbons (Fsp3) is 0.779. The summed E-state index contributed by atoms with van der Waals surface area (Å²) in [6.45, 7) is 6.54. The van der Waals surface area contributed by atoms with Crippen LogP contribution < -0.4 is 0 Å². The number of esters is 3. The van der Waals surface area contributed by atoms with Crippen LogP contribution >= 0.6 is 0 Å². The van der Waals surface area contributed by atoms with Gasteiger partial charge in [0.1, 0.15) is 13.2 Å². The van der Waals surface area contributed by atoms with E-state index in [1.54, 1.807) is 0 Å². The van der Waals surface area contributed by atoms with Gasteiger partial charge >= 0.3 is 17.9 Å². The second-order valence-corrected chi connectivity index (χ2v) is 21.3. The lowest BCUT2D eigenvalue weighted by Gasteiger charge is -2.18. The predicted octanol–water partition coefficient (Wildman–Crippen LogP) is 21.7. The van der Waals surface area contributed by atoms with Gasteiger partial charge in [0.25, 0.3) is 0 Å². The van der Waals surface area contributed by atoms with Gasteiger partial charge in [0.05, 0.1) is 0 Å². The highest BCUT2D eigenvalue weighted by molar-refractivity contribution is 5.71. The highest BCUT2D eigenvalue weighted by Gasteiger charge is 2.19. The lowest BCUT2D eigenvalue weighted by atomic mass is 10.0. The van der Waals surface area contributed by atoms with Gasteiger partial charge in [-0.2, -0.15) is 0 Å². The Morgan fingerprint density at radius 2 is 0.527 bits per heavy atom. The normalized spacial score (nSPS) is 12.5. The fourth-order valence-electron chi connectivity index (χ4n) is 9.13.